The maximum absolute atomic E-state index is 12.8. The van der Waals surface area contributed by atoms with Gasteiger partial charge in [-0.05, 0) is 24.8 Å². The van der Waals surface area contributed by atoms with Gasteiger partial charge < -0.3 is 14.0 Å². The number of hydrogen-bond donors (Lipinski definition) is 0. The van der Waals surface area contributed by atoms with Gasteiger partial charge in [0.15, 0.2) is 0 Å². The van der Waals surface area contributed by atoms with Gasteiger partial charge in [-0.1, -0.05) is 44.2 Å². The van der Waals surface area contributed by atoms with E-state index < -0.39 is 0 Å². The minimum atomic E-state index is -0.354. The van der Waals surface area contributed by atoms with E-state index >= 15 is 0 Å². The Labute approximate surface area is 166 Å². The first-order valence-corrected chi connectivity index (χ1v) is 9.86. The summed E-state index contributed by atoms with van der Waals surface area (Å²) in [5.41, 5.74) is 1.94. The lowest BCUT2D eigenvalue weighted by atomic mass is 9.87. The lowest BCUT2D eigenvalue weighted by molar-refractivity contribution is -0.156. The fraction of sp³-hybridized carbons (Fsp3) is 0.500. The maximum atomic E-state index is 12.8. The average Bonchev–Trinajstić information content (AvgIpc) is 3.10. The highest BCUT2D eigenvalue weighted by atomic mass is 16.5. The molecule has 0 bridgehead atoms. The summed E-state index contributed by atoms with van der Waals surface area (Å²) in [5, 5.41) is 0. The van der Waals surface area contributed by atoms with Crippen LogP contribution in [0.5, 0.6) is 0 Å². The number of carbonyl (C=O) groups is 2. The molecule has 0 amide bonds. The zero-order valence-corrected chi connectivity index (χ0v) is 17.0. The van der Waals surface area contributed by atoms with Gasteiger partial charge in [0.1, 0.15) is 6.61 Å². The second-order valence-corrected chi connectivity index (χ2v) is 7.00. The molecule has 2 rings (SSSR count). The minimum Gasteiger partial charge on any atom is -0.465 e. The molecule has 2 aromatic rings. The van der Waals surface area contributed by atoms with Gasteiger partial charge >= 0.3 is 11.9 Å². The molecule has 0 aliphatic heterocycles. The molecule has 2 unspecified atom stereocenters. The Bertz CT molecular complexity index is 742. The summed E-state index contributed by atoms with van der Waals surface area (Å²) in [7, 11) is 1.91. The summed E-state index contributed by atoms with van der Waals surface area (Å²) in [6, 6.07) is 9.61. The Morgan fingerprint density at radius 1 is 1.14 bits per heavy atom. The molecule has 1 aromatic heterocycles. The van der Waals surface area contributed by atoms with Crippen LogP contribution in [0.2, 0.25) is 0 Å². The summed E-state index contributed by atoms with van der Waals surface area (Å²) in [4.78, 5) is 28.8. The first-order valence-electron chi connectivity index (χ1n) is 9.86. The lowest BCUT2D eigenvalue weighted by Gasteiger charge is -2.25. The number of carbonyl (C=O) groups excluding carboxylic acids is 2. The van der Waals surface area contributed by atoms with Crippen molar-refractivity contribution in [3.05, 3.63) is 54.1 Å². The molecule has 0 saturated heterocycles. The largest absolute Gasteiger partial charge is 0.465 e. The Balaban J connectivity index is 2.06. The van der Waals surface area contributed by atoms with Crippen molar-refractivity contribution in [3.8, 4) is 0 Å². The van der Waals surface area contributed by atoms with E-state index in [-0.39, 0.29) is 37.0 Å². The van der Waals surface area contributed by atoms with E-state index in [4.69, 9.17) is 9.47 Å². The Morgan fingerprint density at radius 3 is 2.50 bits per heavy atom. The fourth-order valence-electron chi connectivity index (χ4n) is 3.17. The zero-order chi connectivity index (χ0) is 20.4. The van der Waals surface area contributed by atoms with Gasteiger partial charge in [0.05, 0.1) is 18.9 Å². The maximum Gasteiger partial charge on any atom is 0.309 e. The standard InChI is InChI=1S/C22H30N2O4/c1-4-9-21(25)27-15-18(12-19-13-23-16-24(19)3)20(5-2)22(26)28-14-17-10-7-6-8-11-17/h6-8,10-11,13,16,18,20H,4-5,9,12,14-15H2,1-3H3. The van der Waals surface area contributed by atoms with Gasteiger partial charge in [-0.3, -0.25) is 9.59 Å². The van der Waals surface area contributed by atoms with Gasteiger partial charge in [0, 0.05) is 31.3 Å². The summed E-state index contributed by atoms with van der Waals surface area (Å²) < 4.78 is 12.9. The normalized spacial score (nSPS) is 13.0. The van der Waals surface area contributed by atoms with Gasteiger partial charge in [0.2, 0.25) is 0 Å². The van der Waals surface area contributed by atoms with Crippen LogP contribution in [0.25, 0.3) is 0 Å². The highest BCUT2D eigenvalue weighted by molar-refractivity contribution is 5.73. The molecule has 28 heavy (non-hydrogen) atoms. The van der Waals surface area contributed by atoms with Crippen LogP contribution < -0.4 is 0 Å². The van der Waals surface area contributed by atoms with Crippen LogP contribution in [0.3, 0.4) is 0 Å². The molecule has 1 heterocycles. The number of aryl methyl sites for hydroxylation is 1. The third-order valence-corrected chi connectivity index (χ3v) is 4.84. The van der Waals surface area contributed by atoms with E-state index in [1.807, 2.05) is 55.8 Å². The smallest absolute Gasteiger partial charge is 0.309 e. The van der Waals surface area contributed by atoms with Crippen LogP contribution in [0, 0.1) is 11.8 Å². The van der Waals surface area contributed by atoms with Crippen molar-refractivity contribution in [2.45, 2.75) is 46.1 Å². The Kier molecular flexibility index (Phi) is 8.72. The van der Waals surface area contributed by atoms with Crippen LogP contribution in [0.15, 0.2) is 42.9 Å². The number of esters is 2. The number of ether oxygens (including phenoxy) is 2. The molecule has 0 aliphatic carbocycles. The summed E-state index contributed by atoms with van der Waals surface area (Å²) >= 11 is 0. The Morgan fingerprint density at radius 2 is 1.89 bits per heavy atom. The predicted octanol–water partition coefficient (Wildman–Crippen LogP) is 3.69. The minimum absolute atomic E-state index is 0.163. The third kappa shape index (κ3) is 6.51. The second-order valence-electron chi connectivity index (χ2n) is 7.00. The van der Waals surface area contributed by atoms with Crippen molar-refractivity contribution < 1.29 is 19.1 Å². The number of imidazole rings is 1. The molecule has 6 heteroatoms. The summed E-state index contributed by atoms with van der Waals surface area (Å²) in [5.74, 6) is -1.01. The molecule has 0 saturated carbocycles. The van der Waals surface area contributed by atoms with Gasteiger partial charge in [-0.25, -0.2) is 4.98 Å². The topological polar surface area (TPSA) is 70.4 Å². The first-order chi connectivity index (χ1) is 13.5. The van der Waals surface area contributed by atoms with Crippen molar-refractivity contribution in [1.29, 1.82) is 0 Å². The highest BCUT2D eigenvalue weighted by Crippen LogP contribution is 2.24. The molecule has 0 spiro atoms. The van der Waals surface area contributed by atoms with Crippen LogP contribution in [-0.4, -0.2) is 28.1 Å². The molecule has 6 nitrogen and oxygen atoms in total. The van der Waals surface area contributed by atoms with Crippen LogP contribution in [-0.2, 0) is 39.1 Å². The second kappa shape index (κ2) is 11.3. The number of aromatic nitrogens is 2. The van der Waals surface area contributed by atoms with Gasteiger partial charge in [-0.2, -0.15) is 0 Å². The molecular weight excluding hydrogens is 356 g/mol. The fourth-order valence-corrected chi connectivity index (χ4v) is 3.17. The molecule has 0 N–H and O–H groups in total. The lowest BCUT2D eigenvalue weighted by Crippen LogP contribution is -2.31. The molecule has 2 atom stereocenters. The molecule has 0 aliphatic rings. The summed E-state index contributed by atoms with van der Waals surface area (Å²) in [6.45, 7) is 4.33. The third-order valence-electron chi connectivity index (χ3n) is 4.84. The van der Waals surface area contributed by atoms with E-state index in [2.05, 4.69) is 4.98 Å². The van der Waals surface area contributed by atoms with Crippen molar-refractivity contribution in [2.24, 2.45) is 18.9 Å². The van der Waals surface area contributed by atoms with Crippen molar-refractivity contribution >= 4 is 11.9 Å². The molecule has 152 valence electrons. The monoisotopic (exact) mass is 386 g/mol. The van der Waals surface area contributed by atoms with Crippen molar-refractivity contribution in [3.63, 3.8) is 0 Å². The Hall–Kier alpha value is -2.63. The highest BCUT2D eigenvalue weighted by Gasteiger charge is 2.30. The van der Waals surface area contributed by atoms with E-state index in [0.717, 1.165) is 17.7 Å². The van der Waals surface area contributed by atoms with E-state index in [1.165, 1.54) is 0 Å². The molecule has 1 aromatic carbocycles. The number of rotatable bonds is 11. The quantitative estimate of drug-likeness (QED) is 0.551. The van der Waals surface area contributed by atoms with E-state index in [0.29, 0.717) is 19.3 Å². The van der Waals surface area contributed by atoms with E-state index in [9.17, 15) is 9.59 Å². The number of hydrogen-bond acceptors (Lipinski definition) is 5. The van der Waals surface area contributed by atoms with Gasteiger partial charge in [0.25, 0.3) is 0 Å². The van der Waals surface area contributed by atoms with Crippen molar-refractivity contribution in [1.82, 2.24) is 9.55 Å². The van der Waals surface area contributed by atoms with Gasteiger partial charge in [-0.15, -0.1) is 0 Å². The molecular formula is C22H30N2O4. The average molecular weight is 386 g/mol. The van der Waals surface area contributed by atoms with E-state index in [1.54, 1.807) is 12.5 Å². The van der Waals surface area contributed by atoms with Crippen LogP contribution in [0.1, 0.15) is 44.4 Å². The predicted molar refractivity (Wildman–Crippen MR) is 106 cm³/mol. The molecule has 0 fully saturated rings. The number of nitrogens with zero attached hydrogens (tertiary/aromatic N) is 2. The van der Waals surface area contributed by atoms with Crippen molar-refractivity contribution in [2.75, 3.05) is 6.61 Å². The zero-order valence-electron chi connectivity index (χ0n) is 17.0. The summed E-state index contributed by atoms with van der Waals surface area (Å²) in [6.07, 6.45) is 5.83. The first kappa shape index (κ1) is 21.7. The van der Waals surface area contributed by atoms with Crippen LogP contribution in [0.4, 0.5) is 0 Å². The number of benzene rings is 1. The molecule has 0 radical (unpaired) electrons. The SMILES string of the molecule is CCCC(=O)OCC(Cc1cncn1C)C(CC)C(=O)OCc1ccccc1. The van der Waals surface area contributed by atoms with Crippen LogP contribution >= 0.6 is 0 Å².